The quantitative estimate of drug-likeness (QED) is 0.769. The first-order valence-electron chi connectivity index (χ1n) is 7.47. The zero-order chi connectivity index (χ0) is 17.7. The van der Waals surface area contributed by atoms with Crippen molar-refractivity contribution in [1.82, 2.24) is 5.32 Å². The van der Waals surface area contributed by atoms with E-state index in [0.717, 1.165) is 6.42 Å². The summed E-state index contributed by atoms with van der Waals surface area (Å²) in [6, 6.07) is 8.16. The number of amides is 1. The van der Waals surface area contributed by atoms with Crippen molar-refractivity contribution in [2.45, 2.75) is 26.4 Å². The lowest BCUT2D eigenvalue weighted by Crippen LogP contribution is -2.36. The number of furan rings is 1. The number of nitrogens with one attached hydrogen (secondary N) is 1. The molecule has 24 heavy (non-hydrogen) atoms. The molecule has 0 bridgehead atoms. The molecular weight excluding hydrogens is 353 g/mol. The summed E-state index contributed by atoms with van der Waals surface area (Å²) in [5.41, 5.74) is 0.567. The van der Waals surface area contributed by atoms with Crippen LogP contribution in [0.1, 0.15) is 30.8 Å². The highest BCUT2D eigenvalue weighted by molar-refractivity contribution is 6.43. The monoisotopic (exact) mass is 369 g/mol. The molecule has 0 saturated carbocycles. The Kier molecular flexibility index (Phi) is 6.29. The van der Waals surface area contributed by atoms with Crippen LogP contribution in [0.25, 0.3) is 11.3 Å². The van der Waals surface area contributed by atoms with E-state index < -0.39 is 12.1 Å². The maximum absolute atomic E-state index is 12.1. The molecule has 2 rings (SSSR count). The van der Waals surface area contributed by atoms with E-state index in [1.54, 1.807) is 24.3 Å². The topological polar surface area (TPSA) is 68.5 Å². The van der Waals surface area contributed by atoms with Crippen molar-refractivity contribution in [1.29, 1.82) is 0 Å². The minimum absolute atomic E-state index is 0.0174. The van der Waals surface area contributed by atoms with Gasteiger partial charge in [-0.15, -0.1) is 0 Å². The minimum Gasteiger partial charge on any atom is -0.449 e. The number of hydrogen-bond donors (Lipinski definition) is 1. The van der Waals surface area contributed by atoms with E-state index in [9.17, 15) is 9.59 Å². The van der Waals surface area contributed by atoms with Gasteiger partial charge in [-0.3, -0.25) is 4.79 Å². The van der Waals surface area contributed by atoms with Crippen molar-refractivity contribution in [3.63, 3.8) is 0 Å². The normalized spacial score (nSPS) is 11.8. The van der Waals surface area contributed by atoms with Crippen molar-refractivity contribution in [3.8, 4) is 11.3 Å². The first-order chi connectivity index (χ1) is 11.4. The second-order valence-electron chi connectivity index (χ2n) is 5.10. The van der Waals surface area contributed by atoms with E-state index in [2.05, 4.69) is 5.32 Å². The number of carbonyl (C=O) groups is 2. The fourth-order valence-corrected chi connectivity index (χ4v) is 2.34. The van der Waals surface area contributed by atoms with Gasteiger partial charge in [0.15, 0.2) is 6.10 Å². The lowest BCUT2D eigenvalue weighted by Gasteiger charge is -2.12. The van der Waals surface area contributed by atoms with Crippen LogP contribution in [0.2, 0.25) is 10.0 Å². The van der Waals surface area contributed by atoms with Gasteiger partial charge in [0.05, 0.1) is 10.0 Å². The number of esters is 1. The molecule has 0 saturated heterocycles. The summed E-state index contributed by atoms with van der Waals surface area (Å²) in [4.78, 5) is 23.8. The average Bonchev–Trinajstić information content (AvgIpc) is 3.04. The molecule has 5 nitrogen and oxygen atoms in total. The van der Waals surface area contributed by atoms with Crippen molar-refractivity contribution >= 4 is 35.1 Å². The molecule has 0 fully saturated rings. The van der Waals surface area contributed by atoms with Crippen molar-refractivity contribution in [2.24, 2.45) is 0 Å². The van der Waals surface area contributed by atoms with Crippen LogP contribution in [0.5, 0.6) is 0 Å². The standard InChI is InChI=1S/C17H17Cl2NO4/c1-3-9-20-16(21)10(2)23-17(22)14-8-7-13(24-14)11-5-4-6-12(18)15(11)19/h4-8,10H,3,9H2,1-2H3,(H,20,21)/t10-/m1/s1. The van der Waals surface area contributed by atoms with Crippen LogP contribution in [0.4, 0.5) is 0 Å². The van der Waals surface area contributed by atoms with E-state index in [-0.39, 0.29) is 11.7 Å². The summed E-state index contributed by atoms with van der Waals surface area (Å²) in [7, 11) is 0. The summed E-state index contributed by atoms with van der Waals surface area (Å²) in [6.45, 7) is 3.96. The Morgan fingerprint density at radius 3 is 2.71 bits per heavy atom. The number of rotatable bonds is 6. The molecule has 1 heterocycles. The van der Waals surface area contributed by atoms with Gasteiger partial charge in [0.1, 0.15) is 5.76 Å². The van der Waals surface area contributed by atoms with Crippen LogP contribution in [-0.4, -0.2) is 24.5 Å². The van der Waals surface area contributed by atoms with Crippen molar-refractivity contribution in [3.05, 3.63) is 46.1 Å². The summed E-state index contributed by atoms with van der Waals surface area (Å²) in [5.74, 6) is -0.706. The zero-order valence-electron chi connectivity index (χ0n) is 13.3. The third kappa shape index (κ3) is 4.30. The van der Waals surface area contributed by atoms with Gasteiger partial charge in [-0.25, -0.2) is 4.79 Å². The van der Waals surface area contributed by atoms with Gasteiger partial charge in [-0.1, -0.05) is 36.2 Å². The van der Waals surface area contributed by atoms with Crippen molar-refractivity contribution < 1.29 is 18.7 Å². The maximum atomic E-state index is 12.1. The molecule has 1 aromatic heterocycles. The van der Waals surface area contributed by atoms with Crippen LogP contribution in [0.15, 0.2) is 34.7 Å². The van der Waals surface area contributed by atoms with Gasteiger partial charge in [0, 0.05) is 12.1 Å². The third-order valence-electron chi connectivity index (χ3n) is 3.23. The lowest BCUT2D eigenvalue weighted by atomic mass is 10.2. The summed E-state index contributed by atoms with van der Waals surface area (Å²) < 4.78 is 10.6. The molecule has 0 radical (unpaired) electrons. The summed E-state index contributed by atoms with van der Waals surface area (Å²) in [6.07, 6.45) is -0.110. The Bertz CT molecular complexity index is 742. The summed E-state index contributed by atoms with van der Waals surface area (Å²) in [5, 5.41) is 3.37. The number of benzene rings is 1. The Morgan fingerprint density at radius 2 is 2.00 bits per heavy atom. The zero-order valence-corrected chi connectivity index (χ0v) is 14.8. The highest BCUT2D eigenvalue weighted by Gasteiger charge is 2.21. The molecular formula is C17H17Cl2NO4. The lowest BCUT2D eigenvalue weighted by molar-refractivity contribution is -0.129. The number of ether oxygens (including phenoxy) is 1. The van der Waals surface area contributed by atoms with Gasteiger partial charge in [0.25, 0.3) is 5.91 Å². The number of hydrogen-bond acceptors (Lipinski definition) is 4. The summed E-state index contributed by atoms with van der Waals surface area (Å²) >= 11 is 12.1. The fraction of sp³-hybridized carbons (Fsp3) is 0.294. The highest BCUT2D eigenvalue weighted by Crippen LogP contribution is 2.34. The van der Waals surface area contributed by atoms with Crippen LogP contribution in [-0.2, 0) is 9.53 Å². The molecule has 7 heteroatoms. The first-order valence-corrected chi connectivity index (χ1v) is 8.22. The molecule has 0 aliphatic carbocycles. The van der Waals surface area contributed by atoms with E-state index in [1.165, 1.54) is 13.0 Å². The van der Waals surface area contributed by atoms with Crippen LogP contribution >= 0.6 is 23.2 Å². The molecule has 1 aromatic carbocycles. The molecule has 0 unspecified atom stereocenters. The van der Waals surface area contributed by atoms with Crippen LogP contribution < -0.4 is 5.32 Å². The van der Waals surface area contributed by atoms with E-state index in [0.29, 0.717) is 27.9 Å². The predicted molar refractivity (Wildman–Crippen MR) is 92.3 cm³/mol. The molecule has 1 atom stereocenters. The van der Waals surface area contributed by atoms with E-state index in [1.807, 2.05) is 6.92 Å². The van der Waals surface area contributed by atoms with Gasteiger partial charge in [-0.05, 0) is 37.6 Å². The van der Waals surface area contributed by atoms with Gasteiger partial charge < -0.3 is 14.5 Å². The largest absolute Gasteiger partial charge is 0.449 e. The Balaban J connectivity index is 2.08. The van der Waals surface area contributed by atoms with Crippen LogP contribution in [0, 0.1) is 0 Å². The SMILES string of the molecule is CCCNC(=O)[C@@H](C)OC(=O)c1ccc(-c2cccc(Cl)c2Cl)o1. The van der Waals surface area contributed by atoms with Gasteiger partial charge in [-0.2, -0.15) is 0 Å². The van der Waals surface area contributed by atoms with E-state index in [4.69, 9.17) is 32.4 Å². The molecule has 0 aliphatic heterocycles. The molecule has 1 amide bonds. The Morgan fingerprint density at radius 1 is 1.25 bits per heavy atom. The Labute approximate surface area is 149 Å². The smallest absolute Gasteiger partial charge is 0.375 e. The molecule has 1 N–H and O–H groups in total. The fourth-order valence-electron chi connectivity index (χ4n) is 1.95. The second-order valence-corrected chi connectivity index (χ2v) is 5.89. The molecule has 2 aromatic rings. The Hall–Kier alpha value is -1.98. The first kappa shape index (κ1) is 18.4. The maximum Gasteiger partial charge on any atom is 0.375 e. The molecule has 0 aliphatic rings. The minimum atomic E-state index is -0.910. The van der Waals surface area contributed by atoms with Gasteiger partial charge in [0.2, 0.25) is 5.76 Å². The van der Waals surface area contributed by atoms with E-state index >= 15 is 0 Å². The average molecular weight is 370 g/mol. The number of carbonyl (C=O) groups excluding carboxylic acids is 2. The molecule has 0 spiro atoms. The second kappa shape index (κ2) is 8.22. The predicted octanol–water partition coefficient (Wildman–Crippen LogP) is 4.32. The van der Waals surface area contributed by atoms with Gasteiger partial charge >= 0.3 is 5.97 Å². The van der Waals surface area contributed by atoms with Crippen LogP contribution in [0.3, 0.4) is 0 Å². The molecule has 128 valence electrons. The highest BCUT2D eigenvalue weighted by atomic mass is 35.5. The van der Waals surface area contributed by atoms with Crippen molar-refractivity contribution in [2.75, 3.05) is 6.54 Å². The number of halogens is 2. The third-order valence-corrected chi connectivity index (χ3v) is 4.05.